The Balaban J connectivity index is 1.32. The van der Waals surface area contributed by atoms with E-state index in [1.807, 2.05) is 6.07 Å². The Morgan fingerprint density at radius 2 is 0.941 bits per heavy atom. The zero-order chi connectivity index (χ0) is 33.5. The molecule has 0 N–H and O–H groups in total. The van der Waals surface area contributed by atoms with Gasteiger partial charge < -0.3 is 13.6 Å². The van der Waals surface area contributed by atoms with Gasteiger partial charge in [0.1, 0.15) is 5.58 Å². The molecule has 0 saturated carbocycles. The van der Waals surface area contributed by atoms with Crippen molar-refractivity contribution in [3.63, 3.8) is 0 Å². The lowest BCUT2D eigenvalue weighted by atomic mass is 9.88. The molecule has 0 unspecified atom stereocenters. The Labute approximate surface area is 293 Å². The fourth-order valence-corrected chi connectivity index (χ4v) is 8.45. The molecule has 0 aliphatic carbocycles. The second kappa shape index (κ2) is 10.8. The van der Waals surface area contributed by atoms with Crippen molar-refractivity contribution < 1.29 is 4.42 Å². The van der Waals surface area contributed by atoms with E-state index in [2.05, 4.69) is 185 Å². The van der Waals surface area contributed by atoms with Crippen LogP contribution >= 0.6 is 0 Å². The van der Waals surface area contributed by atoms with E-state index in [9.17, 15) is 0 Å². The molecule has 11 rings (SSSR count). The van der Waals surface area contributed by atoms with E-state index in [-0.39, 0.29) is 0 Å². The van der Waals surface area contributed by atoms with Crippen LogP contribution in [0.4, 0.5) is 0 Å². The molecule has 0 amide bonds. The summed E-state index contributed by atoms with van der Waals surface area (Å²) in [6.07, 6.45) is 0. The van der Waals surface area contributed by atoms with Gasteiger partial charge in [-0.05, 0) is 65.2 Å². The molecular formula is C48H30N2O. The number of furan rings is 1. The summed E-state index contributed by atoms with van der Waals surface area (Å²) in [7, 11) is 0. The number of para-hydroxylation sites is 5. The van der Waals surface area contributed by atoms with Gasteiger partial charge in [0.25, 0.3) is 0 Å². The molecule has 51 heavy (non-hydrogen) atoms. The summed E-state index contributed by atoms with van der Waals surface area (Å²) >= 11 is 0. The van der Waals surface area contributed by atoms with Crippen LogP contribution in [0.15, 0.2) is 186 Å². The second-order valence-electron chi connectivity index (χ2n) is 13.2. The Kier molecular flexibility index (Phi) is 5.96. The number of fused-ring (bicyclic) bond motifs is 9. The first-order chi connectivity index (χ1) is 25.3. The zero-order valence-corrected chi connectivity index (χ0v) is 27.6. The van der Waals surface area contributed by atoms with E-state index in [1.165, 1.54) is 54.8 Å². The van der Waals surface area contributed by atoms with Gasteiger partial charge in [-0.3, -0.25) is 0 Å². The van der Waals surface area contributed by atoms with Gasteiger partial charge in [0.15, 0.2) is 5.58 Å². The van der Waals surface area contributed by atoms with Crippen molar-refractivity contribution in [2.45, 2.75) is 0 Å². The highest BCUT2D eigenvalue weighted by molar-refractivity contribution is 6.25. The molecule has 0 atom stereocenters. The number of benzene rings is 8. The summed E-state index contributed by atoms with van der Waals surface area (Å²) in [6, 6.07) is 65.4. The fourth-order valence-electron chi connectivity index (χ4n) is 8.45. The molecule has 0 aliphatic heterocycles. The topological polar surface area (TPSA) is 23.0 Å². The first kappa shape index (κ1) is 28.0. The van der Waals surface area contributed by atoms with Crippen molar-refractivity contribution >= 4 is 65.6 Å². The lowest BCUT2D eigenvalue weighted by Crippen LogP contribution is -1.95. The second-order valence-corrected chi connectivity index (χ2v) is 13.2. The maximum Gasteiger partial charge on any atom is 0.159 e. The molecule has 8 aromatic carbocycles. The normalized spacial score (nSPS) is 11.9. The summed E-state index contributed by atoms with van der Waals surface area (Å²) in [6.45, 7) is 0. The van der Waals surface area contributed by atoms with E-state index in [0.29, 0.717) is 0 Å². The minimum absolute atomic E-state index is 0.892. The molecule has 0 fully saturated rings. The Hall–Kier alpha value is -6.84. The highest BCUT2D eigenvalue weighted by Gasteiger charge is 2.24. The van der Waals surface area contributed by atoms with Crippen LogP contribution in [0.3, 0.4) is 0 Å². The minimum Gasteiger partial charge on any atom is -0.454 e. The van der Waals surface area contributed by atoms with Gasteiger partial charge in [0, 0.05) is 43.6 Å². The molecule has 0 spiro atoms. The third-order valence-electron chi connectivity index (χ3n) is 10.5. The molecule has 3 aromatic heterocycles. The first-order valence-electron chi connectivity index (χ1n) is 17.5. The van der Waals surface area contributed by atoms with Gasteiger partial charge in [-0.25, -0.2) is 0 Å². The van der Waals surface area contributed by atoms with Crippen molar-refractivity contribution in [3.8, 4) is 33.6 Å². The van der Waals surface area contributed by atoms with E-state index in [1.54, 1.807) is 0 Å². The third kappa shape index (κ3) is 4.00. The summed E-state index contributed by atoms with van der Waals surface area (Å²) in [5, 5.41) is 7.16. The van der Waals surface area contributed by atoms with Gasteiger partial charge in [0.05, 0.1) is 27.8 Å². The maximum absolute atomic E-state index is 6.64. The summed E-state index contributed by atoms with van der Waals surface area (Å²) < 4.78 is 11.4. The molecule has 0 saturated heterocycles. The van der Waals surface area contributed by atoms with Crippen LogP contribution in [0.25, 0.3) is 99.2 Å². The van der Waals surface area contributed by atoms with Crippen LogP contribution < -0.4 is 0 Å². The van der Waals surface area contributed by atoms with E-state index in [4.69, 9.17) is 4.42 Å². The monoisotopic (exact) mass is 650 g/mol. The van der Waals surface area contributed by atoms with E-state index < -0.39 is 0 Å². The zero-order valence-electron chi connectivity index (χ0n) is 27.6. The summed E-state index contributed by atoms with van der Waals surface area (Å²) in [5.41, 5.74) is 13.5. The van der Waals surface area contributed by atoms with Crippen molar-refractivity contribution in [1.29, 1.82) is 0 Å². The summed E-state index contributed by atoms with van der Waals surface area (Å²) in [5.74, 6) is 0. The average molecular weight is 651 g/mol. The molecule has 238 valence electrons. The van der Waals surface area contributed by atoms with Crippen LogP contribution in [0.2, 0.25) is 0 Å². The predicted octanol–water partition coefficient (Wildman–Crippen LogP) is 13.1. The third-order valence-corrected chi connectivity index (χ3v) is 10.5. The predicted molar refractivity (Wildman–Crippen MR) is 213 cm³/mol. The van der Waals surface area contributed by atoms with Crippen LogP contribution in [0.5, 0.6) is 0 Å². The van der Waals surface area contributed by atoms with Gasteiger partial charge in [-0.1, -0.05) is 133 Å². The standard InChI is InChI=1S/C48H30N2O/c1-3-15-31(16-4-1)33-29-30-42-47(37-21-8-11-25-40(37)50(42)43-27-13-22-35-34-19-9-12-28-44(34)51-48(35)43)46(33)38-23-14-26-41-45(38)36-20-7-10-24-39(36)49(41)32-17-5-2-6-18-32/h1-30H. The van der Waals surface area contributed by atoms with Gasteiger partial charge in [-0.2, -0.15) is 0 Å². The number of nitrogens with zero attached hydrogens (tertiary/aromatic N) is 2. The Morgan fingerprint density at radius 1 is 0.353 bits per heavy atom. The maximum atomic E-state index is 6.64. The largest absolute Gasteiger partial charge is 0.454 e. The highest BCUT2D eigenvalue weighted by atomic mass is 16.3. The lowest BCUT2D eigenvalue weighted by Gasteiger charge is -2.16. The van der Waals surface area contributed by atoms with Crippen LogP contribution in [-0.4, -0.2) is 9.13 Å². The van der Waals surface area contributed by atoms with Crippen LogP contribution in [0.1, 0.15) is 0 Å². The molecular weight excluding hydrogens is 621 g/mol. The number of aromatic nitrogens is 2. The summed E-state index contributed by atoms with van der Waals surface area (Å²) in [4.78, 5) is 0. The molecule has 0 bridgehead atoms. The number of hydrogen-bond acceptors (Lipinski definition) is 1. The van der Waals surface area contributed by atoms with Crippen molar-refractivity contribution in [3.05, 3.63) is 182 Å². The molecule has 11 aromatic rings. The highest BCUT2D eigenvalue weighted by Crippen LogP contribution is 2.48. The molecule has 3 nitrogen and oxygen atoms in total. The van der Waals surface area contributed by atoms with Crippen LogP contribution in [0, 0.1) is 0 Å². The van der Waals surface area contributed by atoms with Crippen molar-refractivity contribution in [1.82, 2.24) is 9.13 Å². The van der Waals surface area contributed by atoms with Gasteiger partial charge >= 0.3 is 0 Å². The van der Waals surface area contributed by atoms with Gasteiger partial charge in [0.2, 0.25) is 0 Å². The molecule has 3 heterocycles. The smallest absolute Gasteiger partial charge is 0.159 e. The van der Waals surface area contributed by atoms with Gasteiger partial charge in [-0.15, -0.1) is 0 Å². The minimum atomic E-state index is 0.892. The van der Waals surface area contributed by atoms with Crippen molar-refractivity contribution in [2.75, 3.05) is 0 Å². The number of rotatable bonds is 4. The van der Waals surface area contributed by atoms with Crippen LogP contribution in [-0.2, 0) is 0 Å². The average Bonchev–Trinajstić information content (AvgIpc) is 3.86. The quantitative estimate of drug-likeness (QED) is 0.186. The van der Waals surface area contributed by atoms with Crippen molar-refractivity contribution in [2.24, 2.45) is 0 Å². The first-order valence-corrected chi connectivity index (χ1v) is 17.5. The Bertz CT molecular complexity index is 3130. The Morgan fingerprint density at radius 3 is 1.75 bits per heavy atom. The SMILES string of the molecule is c1ccc(-c2ccc3c(c2-c2cccc4c2c2ccccc2n4-c2ccccc2)c2ccccc2n3-c2cccc3c2oc2ccccc23)cc1. The molecule has 0 radical (unpaired) electrons. The molecule has 3 heteroatoms. The van der Waals surface area contributed by atoms with E-state index in [0.717, 1.165) is 44.3 Å². The fraction of sp³-hybridized carbons (Fsp3) is 0. The molecule has 0 aliphatic rings. The lowest BCUT2D eigenvalue weighted by molar-refractivity contribution is 0.666. The van der Waals surface area contributed by atoms with E-state index >= 15 is 0 Å². The number of hydrogen-bond donors (Lipinski definition) is 0.